The van der Waals surface area contributed by atoms with Gasteiger partial charge in [0, 0.05) is 13.5 Å². The van der Waals surface area contributed by atoms with Gasteiger partial charge in [-0.05, 0) is 35.7 Å². The summed E-state index contributed by atoms with van der Waals surface area (Å²) in [6.45, 7) is 6.18. The molecule has 0 N–H and O–H groups in total. The van der Waals surface area contributed by atoms with Crippen LogP contribution < -0.4 is 0 Å². The van der Waals surface area contributed by atoms with Gasteiger partial charge in [0.15, 0.2) is 6.29 Å². The summed E-state index contributed by atoms with van der Waals surface area (Å²) >= 11 is 0. The van der Waals surface area contributed by atoms with Crippen LogP contribution in [0.3, 0.4) is 0 Å². The highest BCUT2D eigenvalue weighted by Gasteiger charge is 2.51. The van der Waals surface area contributed by atoms with E-state index in [-0.39, 0.29) is 24.6 Å². The third-order valence-corrected chi connectivity index (χ3v) is 6.27. The lowest BCUT2D eigenvalue weighted by Crippen LogP contribution is -2.49. The van der Waals surface area contributed by atoms with Crippen molar-refractivity contribution in [2.45, 2.75) is 57.7 Å². The minimum absolute atomic E-state index is 0.00129. The Morgan fingerprint density at radius 1 is 1.29 bits per heavy atom. The molecule has 4 bridgehead atoms. The van der Waals surface area contributed by atoms with Crippen molar-refractivity contribution in [2.75, 3.05) is 20.3 Å². The summed E-state index contributed by atoms with van der Waals surface area (Å²) in [7, 11) is 1.72. The van der Waals surface area contributed by atoms with E-state index >= 15 is 0 Å². The lowest BCUT2D eigenvalue weighted by atomic mass is 9.49. The first-order valence-electron chi connectivity index (χ1n) is 8.20. The third kappa shape index (κ3) is 2.19. The summed E-state index contributed by atoms with van der Waals surface area (Å²) in [5.74, 6) is 1.60. The molecule has 2 heterocycles. The number of allylic oxidation sites excluding steroid dienone is 1. The van der Waals surface area contributed by atoms with Gasteiger partial charge in [0.2, 0.25) is 0 Å². The zero-order valence-electron chi connectivity index (χ0n) is 13.2. The first-order valence-corrected chi connectivity index (χ1v) is 8.20. The first kappa shape index (κ1) is 14.2. The van der Waals surface area contributed by atoms with Crippen LogP contribution in [0.5, 0.6) is 0 Å². The second-order valence-corrected chi connectivity index (χ2v) is 7.56. The van der Waals surface area contributed by atoms with E-state index in [0.29, 0.717) is 17.9 Å². The van der Waals surface area contributed by atoms with Gasteiger partial charge in [-0.3, -0.25) is 0 Å². The van der Waals surface area contributed by atoms with Crippen molar-refractivity contribution in [1.29, 1.82) is 0 Å². The molecule has 5 aliphatic rings. The lowest BCUT2D eigenvalue weighted by Gasteiger charge is -2.56. The molecule has 0 spiro atoms. The average molecular weight is 294 g/mol. The van der Waals surface area contributed by atoms with Gasteiger partial charge >= 0.3 is 0 Å². The standard InChI is InChI=1S/C17H26O4/c1-17(2)11-5-4-10(12(17)6-11)8-19-13-7-14(18-3)16-20-9-15(13)21-16/h4,11-16H,5-9H2,1-3H3/t11?,12?,13-,14+,15+,16+/m0/s1. The normalized spacial score (nSPS) is 46.9. The summed E-state index contributed by atoms with van der Waals surface area (Å²) in [4.78, 5) is 0. The van der Waals surface area contributed by atoms with Crippen LogP contribution in [0.1, 0.15) is 33.1 Å². The van der Waals surface area contributed by atoms with Crippen molar-refractivity contribution < 1.29 is 18.9 Å². The van der Waals surface area contributed by atoms with E-state index in [4.69, 9.17) is 18.9 Å². The van der Waals surface area contributed by atoms with Crippen LogP contribution >= 0.6 is 0 Å². The highest BCUT2D eigenvalue weighted by atomic mass is 16.7. The number of hydrogen-bond acceptors (Lipinski definition) is 4. The summed E-state index contributed by atoms with van der Waals surface area (Å²) in [6, 6.07) is 0. The zero-order chi connectivity index (χ0) is 14.6. The molecule has 4 nitrogen and oxygen atoms in total. The fourth-order valence-corrected chi connectivity index (χ4v) is 4.55. The Kier molecular flexibility index (Phi) is 3.41. The minimum atomic E-state index is -0.194. The molecule has 2 saturated heterocycles. The SMILES string of the molecule is CO[C@@H]1C[C@H](OCC2=CCC3CC2C3(C)C)[C@H]2CO[C@@H]1O2. The van der Waals surface area contributed by atoms with Crippen LogP contribution in [-0.4, -0.2) is 44.9 Å². The third-order valence-electron chi connectivity index (χ3n) is 6.27. The molecular formula is C17H26O4. The number of rotatable bonds is 4. The maximum atomic E-state index is 6.22. The van der Waals surface area contributed by atoms with Crippen molar-refractivity contribution in [2.24, 2.45) is 17.3 Å². The highest BCUT2D eigenvalue weighted by molar-refractivity contribution is 5.23. The van der Waals surface area contributed by atoms with E-state index in [1.54, 1.807) is 7.11 Å². The van der Waals surface area contributed by atoms with E-state index < -0.39 is 0 Å². The molecule has 3 aliphatic carbocycles. The molecule has 118 valence electrons. The lowest BCUT2D eigenvalue weighted by molar-refractivity contribution is -0.198. The van der Waals surface area contributed by atoms with Gasteiger partial charge in [-0.25, -0.2) is 0 Å². The second kappa shape index (κ2) is 5.05. The van der Waals surface area contributed by atoms with Crippen LogP contribution in [0.15, 0.2) is 11.6 Å². The maximum absolute atomic E-state index is 6.22. The van der Waals surface area contributed by atoms with Crippen LogP contribution in [0.25, 0.3) is 0 Å². The maximum Gasteiger partial charge on any atom is 0.184 e. The molecule has 2 unspecified atom stereocenters. The number of methoxy groups -OCH3 is 1. The highest BCUT2D eigenvalue weighted by Crippen LogP contribution is 2.59. The largest absolute Gasteiger partial charge is 0.376 e. The Balaban J connectivity index is 1.38. The van der Waals surface area contributed by atoms with E-state index in [0.717, 1.165) is 18.9 Å². The Labute approximate surface area is 126 Å². The number of ether oxygens (including phenoxy) is 4. The molecule has 2 aliphatic heterocycles. The Morgan fingerprint density at radius 2 is 2.14 bits per heavy atom. The van der Waals surface area contributed by atoms with E-state index in [1.165, 1.54) is 18.4 Å². The molecule has 0 aromatic heterocycles. The molecule has 0 radical (unpaired) electrons. The van der Waals surface area contributed by atoms with Crippen molar-refractivity contribution in [3.8, 4) is 0 Å². The molecule has 4 heteroatoms. The summed E-state index contributed by atoms with van der Waals surface area (Å²) in [5.41, 5.74) is 1.96. The van der Waals surface area contributed by atoms with E-state index in [1.807, 2.05) is 0 Å². The first-order chi connectivity index (χ1) is 10.1. The molecular weight excluding hydrogens is 268 g/mol. The predicted octanol–water partition coefficient (Wildman–Crippen LogP) is 2.52. The molecule has 3 fully saturated rings. The number of hydrogen-bond donors (Lipinski definition) is 0. The van der Waals surface area contributed by atoms with Crippen LogP contribution in [0.4, 0.5) is 0 Å². The Hall–Kier alpha value is -0.420. The molecule has 21 heavy (non-hydrogen) atoms. The van der Waals surface area contributed by atoms with Gasteiger partial charge in [0.25, 0.3) is 0 Å². The summed E-state index contributed by atoms with van der Waals surface area (Å²) in [5, 5.41) is 0. The molecule has 0 aromatic carbocycles. The van der Waals surface area contributed by atoms with Gasteiger partial charge in [-0.2, -0.15) is 0 Å². The van der Waals surface area contributed by atoms with Crippen molar-refractivity contribution in [1.82, 2.24) is 0 Å². The van der Waals surface area contributed by atoms with Crippen molar-refractivity contribution >= 4 is 0 Å². The Bertz CT molecular complexity index is 444. The van der Waals surface area contributed by atoms with Crippen LogP contribution in [-0.2, 0) is 18.9 Å². The quantitative estimate of drug-likeness (QED) is 0.747. The molecule has 1 saturated carbocycles. The Morgan fingerprint density at radius 3 is 2.86 bits per heavy atom. The molecule has 5 rings (SSSR count). The minimum Gasteiger partial charge on any atom is -0.376 e. The smallest absolute Gasteiger partial charge is 0.184 e. The second-order valence-electron chi connectivity index (χ2n) is 7.56. The zero-order valence-corrected chi connectivity index (χ0v) is 13.2. The van der Waals surface area contributed by atoms with Crippen LogP contribution in [0, 0.1) is 17.3 Å². The van der Waals surface area contributed by atoms with E-state index in [2.05, 4.69) is 19.9 Å². The molecule has 6 atom stereocenters. The fourth-order valence-electron chi connectivity index (χ4n) is 4.55. The van der Waals surface area contributed by atoms with Gasteiger partial charge in [-0.1, -0.05) is 19.9 Å². The van der Waals surface area contributed by atoms with Gasteiger partial charge in [0.1, 0.15) is 12.2 Å². The van der Waals surface area contributed by atoms with Crippen molar-refractivity contribution in [3.63, 3.8) is 0 Å². The predicted molar refractivity (Wildman–Crippen MR) is 77.8 cm³/mol. The van der Waals surface area contributed by atoms with Crippen molar-refractivity contribution in [3.05, 3.63) is 11.6 Å². The topological polar surface area (TPSA) is 36.9 Å². The average Bonchev–Trinajstić information content (AvgIpc) is 2.91. The monoisotopic (exact) mass is 294 g/mol. The summed E-state index contributed by atoms with van der Waals surface area (Å²) in [6.07, 6.45) is 5.82. The molecule has 0 aromatic rings. The van der Waals surface area contributed by atoms with Gasteiger partial charge in [-0.15, -0.1) is 0 Å². The van der Waals surface area contributed by atoms with E-state index in [9.17, 15) is 0 Å². The molecule has 0 amide bonds. The summed E-state index contributed by atoms with van der Waals surface area (Å²) < 4.78 is 23.1. The van der Waals surface area contributed by atoms with Gasteiger partial charge < -0.3 is 18.9 Å². The van der Waals surface area contributed by atoms with Gasteiger partial charge in [0.05, 0.1) is 19.3 Å². The van der Waals surface area contributed by atoms with Crippen LogP contribution in [0.2, 0.25) is 0 Å². The number of fused-ring (bicyclic) bond motifs is 3. The fraction of sp³-hybridized carbons (Fsp3) is 0.882.